The fourth-order valence-corrected chi connectivity index (χ4v) is 4.23. The predicted octanol–water partition coefficient (Wildman–Crippen LogP) is 3.48. The van der Waals surface area contributed by atoms with Crippen LogP contribution in [0.3, 0.4) is 0 Å². The lowest BCUT2D eigenvalue weighted by atomic mass is 10.0. The van der Waals surface area contributed by atoms with Crippen molar-refractivity contribution in [3.8, 4) is 0 Å². The van der Waals surface area contributed by atoms with Crippen molar-refractivity contribution in [2.45, 2.75) is 57.0 Å². The number of aryl methyl sites for hydroxylation is 1. The molecule has 0 radical (unpaired) electrons. The van der Waals surface area contributed by atoms with E-state index in [9.17, 15) is 4.79 Å². The summed E-state index contributed by atoms with van der Waals surface area (Å²) in [7, 11) is 0. The van der Waals surface area contributed by atoms with Crippen LogP contribution in [-0.2, 0) is 11.2 Å². The van der Waals surface area contributed by atoms with Gasteiger partial charge in [-0.25, -0.2) is 0 Å². The minimum absolute atomic E-state index is 0. The molecule has 1 aromatic rings. The van der Waals surface area contributed by atoms with Crippen molar-refractivity contribution in [2.24, 2.45) is 5.92 Å². The number of hydrogen-bond acceptors (Lipinski definition) is 2. The zero-order valence-corrected chi connectivity index (χ0v) is 14.5. The van der Waals surface area contributed by atoms with Crippen LogP contribution in [0.5, 0.6) is 0 Å². The van der Waals surface area contributed by atoms with Gasteiger partial charge in [0.2, 0.25) is 5.91 Å². The predicted molar refractivity (Wildman–Crippen MR) is 94.8 cm³/mol. The van der Waals surface area contributed by atoms with Crippen LogP contribution in [0, 0.1) is 5.92 Å². The molecule has 23 heavy (non-hydrogen) atoms. The third-order valence-electron chi connectivity index (χ3n) is 5.59. The molecule has 0 spiro atoms. The molecule has 1 N–H and O–H groups in total. The van der Waals surface area contributed by atoms with Gasteiger partial charge in [0.05, 0.1) is 6.04 Å². The number of carbonyl (C=O) groups is 1. The molecule has 126 valence electrons. The van der Waals surface area contributed by atoms with Gasteiger partial charge in [-0.2, -0.15) is 0 Å². The molecule has 1 saturated heterocycles. The van der Waals surface area contributed by atoms with E-state index in [2.05, 4.69) is 34.5 Å². The molecule has 0 aromatic heterocycles. The largest absolute Gasteiger partial charge is 0.333 e. The molecular weight excluding hydrogens is 308 g/mol. The van der Waals surface area contributed by atoms with Crippen LogP contribution in [0.1, 0.15) is 55.7 Å². The second-order valence-electron chi connectivity index (χ2n) is 7.18. The Morgan fingerprint density at radius 3 is 2.74 bits per heavy atom. The fourth-order valence-electron chi connectivity index (χ4n) is 4.23. The number of halogens is 1. The van der Waals surface area contributed by atoms with Crippen LogP contribution in [0.4, 0.5) is 0 Å². The number of amides is 1. The first-order valence-corrected chi connectivity index (χ1v) is 8.92. The van der Waals surface area contributed by atoms with E-state index in [0.717, 1.165) is 38.8 Å². The van der Waals surface area contributed by atoms with Crippen molar-refractivity contribution in [1.82, 2.24) is 10.2 Å². The van der Waals surface area contributed by atoms with Crippen molar-refractivity contribution >= 4 is 18.3 Å². The van der Waals surface area contributed by atoms with Gasteiger partial charge >= 0.3 is 0 Å². The van der Waals surface area contributed by atoms with Gasteiger partial charge in [-0.15, -0.1) is 12.4 Å². The topological polar surface area (TPSA) is 32.3 Å². The Balaban J connectivity index is 0.00000156. The highest BCUT2D eigenvalue weighted by Crippen LogP contribution is 2.42. The van der Waals surface area contributed by atoms with Gasteiger partial charge in [0.25, 0.3) is 0 Å². The van der Waals surface area contributed by atoms with E-state index in [1.807, 2.05) is 0 Å². The van der Waals surface area contributed by atoms with Gasteiger partial charge in [-0.1, -0.05) is 24.3 Å². The number of rotatable bonds is 5. The van der Waals surface area contributed by atoms with E-state index >= 15 is 0 Å². The van der Waals surface area contributed by atoms with Crippen molar-refractivity contribution in [3.63, 3.8) is 0 Å². The highest BCUT2D eigenvalue weighted by molar-refractivity contribution is 5.85. The molecule has 0 bridgehead atoms. The van der Waals surface area contributed by atoms with Crippen LogP contribution >= 0.6 is 12.4 Å². The zero-order chi connectivity index (χ0) is 14.9. The summed E-state index contributed by atoms with van der Waals surface area (Å²) >= 11 is 0. The summed E-state index contributed by atoms with van der Waals surface area (Å²) in [5.41, 5.74) is 2.86. The Morgan fingerprint density at radius 2 is 2.00 bits per heavy atom. The molecule has 1 amide bonds. The summed E-state index contributed by atoms with van der Waals surface area (Å²) in [4.78, 5) is 15.1. The van der Waals surface area contributed by atoms with Gasteiger partial charge in [-0.3, -0.25) is 4.79 Å². The Hall–Kier alpha value is -1.06. The highest BCUT2D eigenvalue weighted by atomic mass is 35.5. The Kier molecular flexibility index (Phi) is 5.27. The van der Waals surface area contributed by atoms with E-state index in [0.29, 0.717) is 23.9 Å². The Bertz CT molecular complexity index is 552. The summed E-state index contributed by atoms with van der Waals surface area (Å²) in [6, 6.07) is 9.57. The van der Waals surface area contributed by atoms with Crippen LogP contribution in [0.15, 0.2) is 24.3 Å². The van der Waals surface area contributed by atoms with Crippen molar-refractivity contribution < 1.29 is 4.79 Å². The molecule has 1 aromatic carbocycles. The average molecular weight is 335 g/mol. The molecule has 2 fully saturated rings. The van der Waals surface area contributed by atoms with Gasteiger partial charge in [0.15, 0.2) is 0 Å². The second kappa shape index (κ2) is 7.23. The molecule has 3 nitrogen and oxygen atoms in total. The lowest BCUT2D eigenvalue weighted by Gasteiger charge is -2.30. The SMILES string of the molecule is Cl.O=C(CCC1CCNC1)N(C1CC1)C1CCc2ccccc21. The number of benzene rings is 1. The summed E-state index contributed by atoms with van der Waals surface area (Å²) in [5, 5.41) is 3.40. The van der Waals surface area contributed by atoms with Crippen molar-refractivity contribution in [1.29, 1.82) is 0 Å². The first kappa shape index (κ1) is 16.8. The first-order valence-electron chi connectivity index (χ1n) is 8.92. The zero-order valence-electron chi connectivity index (χ0n) is 13.7. The lowest BCUT2D eigenvalue weighted by molar-refractivity contribution is -0.134. The summed E-state index contributed by atoms with van der Waals surface area (Å²) in [5.74, 6) is 1.11. The molecule has 1 saturated carbocycles. The van der Waals surface area contributed by atoms with E-state index in [4.69, 9.17) is 0 Å². The van der Waals surface area contributed by atoms with E-state index in [1.54, 1.807) is 0 Å². The third-order valence-corrected chi connectivity index (χ3v) is 5.59. The number of nitrogens with zero attached hydrogens (tertiary/aromatic N) is 1. The molecule has 1 aliphatic heterocycles. The van der Waals surface area contributed by atoms with Gasteiger partial charge in [-0.05, 0) is 68.7 Å². The third kappa shape index (κ3) is 3.56. The molecule has 1 heterocycles. The molecule has 2 aliphatic carbocycles. The minimum atomic E-state index is 0. The molecule has 2 atom stereocenters. The second-order valence-corrected chi connectivity index (χ2v) is 7.18. The molecular formula is C19H27ClN2O. The standard InChI is InChI=1S/C19H26N2O.ClH/c22-19(10-5-14-11-12-20-13-14)21(16-7-8-16)18-9-6-15-3-1-2-4-17(15)18;/h1-4,14,16,18,20H,5-13H2;1H. The van der Waals surface area contributed by atoms with Crippen molar-refractivity contribution in [3.05, 3.63) is 35.4 Å². The van der Waals surface area contributed by atoms with Crippen LogP contribution in [0.25, 0.3) is 0 Å². The number of fused-ring (bicyclic) bond motifs is 1. The van der Waals surface area contributed by atoms with Gasteiger partial charge in [0.1, 0.15) is 0 Å². The first-order chi connectivity index (χ1) is 10.8. The summed E-state index contributed by atoms with van der Waals surface area (Å²) in [6.07, 6.45) is 7.69. The van der Waals surface area contributed by atoms with Crippen molar-refractivity contribution in [2.75, 3.05) is 13.1 Å². The number of nitrogens with one attached hydrogen (secondary N) is 1. The monoisotopic (exact) mass is 334 g/mol. The van der Waals surface area contributed by atoms with E-state index in [1.165, 1.54) is 30.4 Å². The maximum atomic E-state index is 12.9. The Morgan fingerprint density at radius 1 is 1.17 bits per heavy atom. The van der Waals surface area contributed by atoms with Gasteiger partial charge < -0.3 is 10.2 Å². The quantitative estimate of drug-likeness (QED) is 0.894. The smallest absolute Gasteiger partial charge is 0.223 e. The minimum Gasteiger partial charge on any atom is -0.333 e. The summed E-state index contributed by atoms with van der Waals surface area (Å²) in [6.45, 7) is 2.23. The lowest BCUT2D eigenvalue weighted by Crippen LogP contribution is -2.36. The summed E-state index contributed by atoms with van der Waals surface area (Å²) < 4.78 is 0. The van der Waals surface area contributed by atoms with Crippen LogP contribution < -0.4 is 5.32 Å². The molecule has 3 aliphatic rings. The fraction of sp³-hybridized carbons (Fsp3) is 0.632. The molecule has 4 rings (SSSR count). The van der Waals surface area contributed by atoms with Crippen LogP contribution in [0.2, 0.25) is 0 Å². The number of carbonyl (C=O) groups excluding carboxylic acids is 1. The highest BCUT2D eigenvalue weighted by Gasteiger charge is 2.40. The molecule has 2 unspecified atom stereocenters. The van der Waals surface area contributed by atoms with Gasteiger partial charge in [0, 0.05) is 12.5 Å². The normalized spacial score (nSPS) is 25.7. The van der Waals surface area contributed by atoms with Crippen LogP contribution in [-0.4, -0.2) is 29.9 Å². The Labute approximate surface area is 145 Å². The number of hydrogen-bond donors (Lipinski definition) is 1. The van der Waals surface area contributed by atoms with E-state index in [-0.39, 0.29) is 12.4 Å². The average Bonchev–Trinajstić information content (AvgIpc) is 3.07. The maximum Gasteiger partial charge on any atom is 0.223 e. The van der Waals surface area contributed by atoms with E-state index < -0.39 is 0 Å². The molecule has 4 heteroatoms. The maximum absolute atomic E-state index is 12.9.